The maximum atomic E-state index is 9.70. The van der Waals surface area contributed by atoms with E-state index in [0.717, 1.165) is 37.4 Å². The van der Waals surface area contributed by atoms with Gasteiger partial charge in [0.1, 0.15) is 0 Å². The summed E-state index contributed by atoms with van der Waals surface area (Å²) in [5.41, 5.74) is 1.44. The fraction of sp³-hybridized carbons (Fsp3) is 0.833. The van der Waals surface area contributed by atoms with Crippen molar-refractivity contribution in [3.63, 3.8) is 0 Å². The highest BCUT2D eigenvalue weighted by Crippen LogP contribution is 2.63. The van der Waals surface area contributed by atoms with Gasteiger partial charge < -0.3 is 9.47 Å². The summed E-state index contributed by atoms with van der Waals surface area (Å²) in [5.74, 6) is 0.289. The van der Waals surface area contributed by atoms with Crippen LogP contribution in [0.25, 0.3) is 0 Å². The summed E-state index contributed by atoms with van der Waals surface area (Å²) in [6.45, 7) is 7.82. The first-order chi connectivity index (χ1) is 10.6. The molecule has 1 aliphatic heterocycles. The van der Waals surface area contributed by atoms with Gasteiger partial charge in [0.2, 0.25) is 0 Å². The molecule has 1 heterocycles. The summed E-state index contributed by atoms with van der Waals surface area (Å²) in [4.78, 5) is 0. The van der Waals surface area contributed by atoms with Crippen LogP contribution in [-0.2, 0) is 9.47 Å². The van der Waals surface area contributed by atoms with Crippen LogP contribution in [0, 0.1) is 34.5 Å². The standard InChI is InChI=1S/C18H26BrNO2/c1-13(14(2)11-19)10-17-5-3-4-15(12-20)16(17)18(7-6-17)21-8-9-22-18/h13,15-16H,2-11H2,1H3/t13-,15?,16?,17?/m0/s1. The van der Waals surface area contributed by atoms with Gasteiger partial charge in [-0.3, -0.25) is 0 Å². The fourth-order valence-electron chi connectivity index (χ4n) is 5.21. The molecular weight excluding hydrogens is 342 g/mol. The summed E-state index contributed by atoms with van der Waals surface area (Å²) < 4.78 is 12.2. The summed E-state index contributed by atoms with van der Waals surface area (Å²) in [6.07, 6.45) is 6.52. The molecule has 0 bridgehead atoms. The van der Waals surface area contributed by atoms with Crippen molar-refractivity contribution in [2.24, 2.45) is 23.2 Å². The van der Waals surface area contributed by atoms with Gasteiger partial charge in [-0.25, -0.2) is 0 Å². The third-order valence-electron chi connectivity index (χ3n) is 6.22. The van der Waals surface area contributed by atoms with E-state index in [1.807, 2.05) is 0 Å². The number of rotatable bonds is 4. The van der Waals surface area contributed by atoms with E-state index in [1.165, 1.54) is 12.0 Å². The van der Waals surface area contributed by atoms with Gasteiger partial charge >= 0.3 is 0 Å². The van der Waals surface area contributed by atoms with Crippen molar-refractivity contribution in [2.45, 2.75) is 51.2 Å². The molecule has 0 radical (unpaired) electrons. The Morgan fingerprint density at radius 2 is 2.09 bits per heavy atom. The first-order valence-corrected chi connectivity index (χ1v) is 9.60. The van der Waals surface area contributed by atoms with Crippen LogP contribution in [-0.4, -0.2) is 24.3 Å². The lowest BCUT2D eigenvalue weighted by Gasteiger charge is -2.47. The van der Waals surface area contributed by atoms with E-state index in [1.54, 1.807) is 0 Å². The molecule has 22 heavy (non-hydrogen) atoms. The van der Waals surface area contributed by atoms with Gasteiger partial charge in [0.15, 0.2) is 5.79 Å². The lowest BCUT2D eigenvalue weighted by atomic mass is 9.59. The van der Waals surface area contributed by atoms with Crippen molar-refractivity contribution in [1.29, 1.82) is 5.26 Å². The van der Waals surface area contributed by atoms with Crippen LogP contribution >= 0.6 is 15.9 Å². The normalized spacial score (nSPS) is 37.7. The minimum Gasteiger partial charge on any atom is -0.347 e. The fourth-order valence-corrected chi connectivity index (χ4v) is 5.76. The van der Waals surface area contributed by atoms with Crippen LogP contribution in [0.3, 0.4) is 0 Å². The van der Waals surface area contributed by atoms with Crippen LogP contribution in [0.4, 0.5) is 0 Å². The summed E-state index contributed by atoms with van der Waals surface area (Å²) >= 11 is 3.53. The number of nitriles is 1. The maximum absolute atomic E-state index is 9.70. The number of fused-ring (bicyclic) bond motifs is 2. The zero-order chi connectivity index (χ0) is 15.8. The highest BCUT2D eigenvalue weighted by atomic mass is 79.9. The minimum atomic E-state index is -0.476. The van der Waals surface area contributed by atoms with Gasteiger partial charge in [-0.05, 0) is 37.0 Å². The SMILES string of the molecule is C=C(CBr)[C@@H](C)CC12CCCC(C#N)C1C1(CC2)OCCO1. The molecule has 2 saturated carbocycles. The molecule has 3 aliphatic rings. The number of ether oxygens (including phenoxy) is 2. The third kappa shape index (κ3) is 2.56. The van der Waals surface area contributed by atoms with Gasteiger partial charge in [-0.1, -0.05) is 41.4 Å². The van der Waals surface area contributed by atoms with Gasteiger partial charge in [-0.15, -0.1) is 0 Å². The molecule has 3 nitrogen and oxygen atoms in total. The molecule has 122 valence electrons. The van der Waals surface area contributed by atoms with Crippen molar-refractivity contribution < 1.29 is 9.47 Å². The van der Waals surface area contributed by atoms with E-state index < -0.39 is 5.79 Å². The molecule has 3 unspecified atom stereocenters. The van der Waals surface area contributed by atoms with Crippen LogP contribution in [0.2, 0.25) is 0 Å². The highest BCUT2D eigenvalue weighted by Gasteiger charge is 2.63. The van der Waals surface area contributed by atoms with Crippen molar-refractivity contribution in [2.75, 3.05) is 18.5 Å². The first kappa shape index (κ1) is 16.5. The maximum Gasteiger partial charge on any atom is 0.173 e. The van der Waals surface area contributed by atoms with E-state index in [2.05, 4.69) is 35.5 Å². The highest BCUT2D eigenvalue weighted by molar-refractivity contribution is 9.09. The van der Waals surface area contributed by atoms with Crippen molar-refractivity contribution in [3.05, 3.63) is 12.2 Å². The quantitative estimate of drug-likeness (QED) is 0.545. The average molecular weight is 368 g/mol. The van der Waals surface area contributed by atoms with Gasteiger partial charge in [-0.2, -0.15) is 5.26 Å². The van der Waals surface area contributed by atoms with Gasteiger partial charge in [0, 0.05) is 17.7 Å². The average Bonchev–Trinajstić information content (AvgIpc) is 3.13. The number of halogens is 1. The van der Waals surface area contributed by atoms with Gasteiger partial charge in [0.25, 0.3) is 0 Å². The molecular formula is C18H26BrNO2. The second-order valence-electron chi connectivity index (χ2n) is 7.37. The largest absolute Gasteiger partial charge is 0.347 e. The summed E-state index contributed by atoms with van der Waals surface area (Å²) in [7, 11) is 0. The predicted octanol–water partition coefficient (Wildman–Crippen LogP) is 4.43. The summed E-state index contributed by atoms with van der Waals surface area (Å²) in [5, 5.41) is 10.6. The van der Waals surface area contributed by atoms with Crippen LogP contribution < -0.4 is 0 Å². The van der Waals surface area contributed by atoms with Crippen LogP contribution in [0.1, 0.15) is 45.4 Å². The molecule has 2 aliphatic carbocycles. The molecule has 4 heteroatoms. The molecule has 0 aromatic carbocycles. The smallest absolute Gasteiger partial charge is 0.173 e. The van der Waals surface area contributed by atoms with E-state index in [-0.39, 0.29) is 17.3 Å². The Hall–Kier alpha value is -0.370. The Morgan fingerprint density at radius 1 is 1.36 bits per heavy atom. The zero-order valence-electron chi connectivity index (χ0n) is 13.4. The number of alkyl halides is 1. The van der Waals surface area contributed by atoms with Crippen molar-refractivity contribution in [3.8, 4) is 6.07 Å². The molecule has 3 fully saturated rings. The van der Waals surface area contributed by atoms with Crippen LogP contribution in [0.15, 0.2) is 12.2 Å². The van der Waals surface area contributed by atoms with E-state index in [4.69, 9.17) is 9.47 Å². The van der Waals surface area contributed by atoms with E-state index >= 15 is 0 Å². The van der Waals surface area contributed by atoms with Crippen molar-refractivity contribution >= 4 is 15.9 Å². The Balaban J connectivity index is 1.90. The Morgan fingerprint density at radius 3 is 2.73 bits per heavy atom. The first-order valence-electron chi connectivity index (χ1n) is 8.48. The molecule has 3 rings (SSSR count). The molecule has 0 aromatic rings. The number of allylic oxidation sites excluding steroid dienone is 1. The molecule has 0 N–H and O–H groups in total. The molecule has 0 amide bonds. The van der Waals surface area contributed by atoms with E-state index in [0.29, 0.717) is 19.1 Å². The number of hydrogen-bond donors (Lipinski definition) is 0. The number of nitrogens with zero attached hydrogens (tertiary/aromatic N) is 1. The Kier molecular flexibility index (Phi) is 4.69. The monoisotopic (exact) mass is 367 g/mol. The summed E-state index contributed by atoms with van der Waals surface area (Å²) in [6, 6.07) is 2.58. The second kappa shape index (κ2) is 6.26. The predicted molar refractivity (Wildman–Crippen MR) is 89.5 cm³/mol. The third-order valence-corrected chi connectivity index (χ3v) is 6.94. The van der Waals surface area contributed by atoms with E-state index in [9.17, 15) is 5.26 Å². The molecule has 4 atom stereocenters. The topological polar surface area (TPSA) is 42.2 Å². The minimum absolute atomic E-state index is 0.0683. The lowest BCUT2D eigenvalue weighted by Crippen LogP contribution is -2.48. The Labute approximate surface area is 142 Å². The van der Waals surface area contributed by atoms with Crippen molar-refractivity contribution in [1.82, 2.24) is 0 Å². The molecule has 0 aromatic heterocycles. The molecule has 1 saturated heterocycles. The van der Waals surface area contributed by atoms with Crippen LogP contribution in [0.5, 0.6) is 0 Å². The second-order valence-corrected chi connectivity index (χ2v) is 7.93. The zero-order valence-corrected chi connectivity index (χ0v) is 15.0. The number of hydrogen-bond acceptors (Lipinski definition) is 3. The lowest BCUT2D eigenvalue weighted by molar-refractivity contribution is -0.210. The molecule has 1 spiro atoms. The Bertz CT molecular complexity index is 480. The van der Waals surface area contributed by atoms with Gasteiger partial charge in [0.05, 0.1) is 25.2 Å².